The highest BCUT2D eigenvalue weighted by Crippen LogP contribution is 2.22. The van der Waals surface area contributed by atoms with Gasteiger partial charge in [0.05, 0.1) is 24.0 Å². The highest BCUT2D eigenvalue weighted by molar-refractivity contribution is 7.88. The van der Waals surface area contributed by atoms with Gasteiger partial charge in [-0.05, 0) is 30.3 Å². The van der Waals surface area contributed by atoms with E-state index in [1.165, 1.54) is 10.8 Å². The summed E-state index contributed by atoms with van der Waals surface area (Å²) in [7, 11) is -3.33. The number of pyridine rings is 1. The molecule has 0 bridgehead atoms. The number of fused-ring (bicyclic) bond motifs is 1. The van der Waals surface area contributed by atoms with E-state index < -0.39 is 10.0 Å². The first-order valence-corrected chi connectivity index (χ1v) is 9.04. The second kappa shape index (κ2) is 6.06. The van der Waals surface area contributed by atoms with E-state index in [4.69, 9.17) is 5.73 Å². The van der Waals surface area contributed by atoms with Crippen molar-refractivity contribution in [1.29, 1.82) is 0 Å². The monoisotopic (exact) mass is 344 g/mol. The number of anilines is 1. The SMILES string of the molecule is CS(=O)(=O)NCc1cc(C(=O)n2ccc3c(N)cccc32)ccn1. The zero-order valence-corrected chi connectivity index (χ0v) is 13.7. The maximum atomic E-state index is 12.7. The molecule has 0 unspecified atom stereocenters. The summed E-state index contributed by atoms with van der Waals surface area (Å²) in [6.07, 6.45) is 4.21. The number of nitrogen functional groups attached to an aromatic ring is 1. The molecule has 0 saturated heterocycles. The predicted molar refractivity (Wildman–Crippen MR) is 92.0 cm³/mol. The predicted octanol–water partition coefficient (Wildman–Crippen LogP) is 1.36. The third-order valence-corrected chi connectivity index (χ3v) is 4.23. The fourth-order valence-corrected chi connectivity index (χ4v) is 2.83. The maximum Gasteiger partial charge on any atom is 0.262 e. The molecule has 8 heteroatoms. The van der Waals surface area contributed by atoms with Gasteiger partial charge in [0.15, 0.2) is 0 Å². The van der Waals surface area contributed by atoms with Crippen LogP contribution >= 0.6 is 0 Å². The van der Waals surface area contributed by atoms with Gasteiger partial charge in [0.2, 0.25) is 10.0 Å². The number of nitrogens with zero attached hydrogens (tertiary/aromatic N) is 2. The highest BCUT2D eigenvalue weighted by Gasteiger charge is 2.13. The molecule has 0 aliphatic heterocycles. The summed E-state index contributed by atoms with van der Waals surface area (Å²) in [4.78, 5) is 16.8. The van der Waals surface area contributed by atoms with Crippen LogP contribution in [-0.4, -0.2) is 30.1 Å². The van der Waals surface area contributed by atoms with Crippen LogP contribution in [0.3, 0.4) is 0 Å². The normalized spacial score (nSPS) is 11.7. The molecule has 0 amide bonds. The molecule has 0 aliphatic rings. The van der Waals surface area contributed by atoms with Gasteiger partial charge in [-0.15, -0.1) is 0 Å². The lowest BCUT2D eigenvalue weighted by Crippen LogP contribution is -2.22. The standard InChI is InChI=1S/C16H16N4O3S/c1-24(22,23)19-10-12-9-11(5-7-18-12)16(21)20-8-6-13-14(17)3-2-4-15(13)20/h2-9,19H,10,17H2,1H3. The first-order chi connectivity index (χ1) is 11.3. The van der Waals surface area contributed by atoms with Crippen LogP contribution in [0.15, 0.2) is 48.8 Å². The molecule has 0 fully saturated rings. The number of benzene rings is 1. The summed E-state index contributed by atoms with van der Waals surface area (Å²) in [6, 6.07) is 10.3. The Bertz CT molecular complexity index is 1020. The molecule has 24 heavy (non-hydrogen) atoms. The maximum absolute atomic E-state index is 12.7. The van der Waals surface area contributed by atoms with Crippen LogP contribution in [0.1, 0.15) is 16.1 Å². The molecular formula is C16H16N4O3S. The molecule has 1 aromatic carbocycles. The molecule has 0 aliphatic carbocycles. The van der Waals surface area contributed by atoms with Crippen LogP contribution in [0.2, 0.25) is 0 Å². The fourth-order valence-electron chi connectivity index (χ4n) is 2.42. The second-order valence-corrected chi connectivity index (χ2v) is 7.23. The van der Waals surface area contributed by atoms with Gasteiger partial charge >= 0.3 is 0 Å². The Labute approximate surface area is 139 Å². The van der Waals surface area contributed by atoms with Crippen molar-refractivity contribution in [3.63, 3.8) is 0 Å². The quantitative estimate of drug-likeness (QED) is 0.695. The first-order valence-electron chi connectivity index (χ1n) is 7.15. The number of carbonyl (C=O) groups excluding carboxylic acids is 1. The van der Waals surface area contributed by atoms with Crippen molar-refractivity contribution >= 4 is 32.5 Å². The van der Waals surface area contributed by atoms with Crippen LogP contribution in [0, 0.1) is 0 Å². The number of rotatable bonds is 4. The largest absolute Gasteiger partial charge is 0.398 e. The fraction of sp³-hybridized carbons (Fsp3) is 0.125. The van der Waals surface area contributed by atoms with Crippen molar-refractivity contribution in [2.45, 2.75) is 6.54 Å². The number of carbonyl (C=O) groups is 1. The van der Waals surface area contributed by atoms with Crippen LogP contribution in [0.5, 0.6) is 0 Å². The molecule has 2 heterocycles. The van der Waals surface area contributed by atoms with Crippen molar-refractivity contribution in [2.75, 3.05) is 12.0 Å². The summed E-state index contributed by atoms with van der Waals surface area (Å²) >= 11 is 0. The summed E-state index contributed by atoms with van der Waals surface area (Å²) in [5.74, 6) is -0.237. The molecule has 2 aromatic heterocycles. The van der Waals surface area contributed by atoms with Crippen molar-refractivity contribution in [3.05, 3.63) is 60.0 Å². The van der Waals surface area contributed by atoms with Crippen LogP contribution in [-0.2, 0) is 16.6 Å². The van der Waals surface area contributed by atoms with E-state index >= 15 is 0 Å². The van der Waals surface area contributed by atoms with Crippen LogP contribution in [0.25, 0.3) is 10.9 Å². The van der Waals surface area contributed by atoms with E-state index in [-0.39, 0.29) is 12.5 Å². The van der Waals surface area contributed by atoms with Gasteiger partial charge in [-0.2, -0.15) is 0 Å². The minimum Gasteiger partial charge on any atom is -0.398 e. The van der Waals surface area contributed by atoms with E-state index in [2.05, 4.69) is 9.71 Å². The van der Waals surface area contributed by atoms with Crippen molar-refractivity contribution in [1.82, 2.24) is 14.3 Å². The number of hydrogen-bond acceptors (Lipinski definition) is 5. The topological polar surface area (TPSA) is 107 Å². The lowest BCUT2D eigenvalue weighted by Gasteiger charge is -2.07. The van der Waals surface area contributed by atoms with Crippen LogP contribution < -0.4 is 10.5 Å². The number of aromatic nitrogens is 2. The van der Waals surface area contributed by atoms with Crippen molar-refractivity contribution in [3.8, 4) is 0 Å². The number of sulfonamides is 1. The molecule has 124 valence electrons. The first kappa shape index (κ1) is 16.2. The Morgan fingerprint density at radius 2 is 2.08 bits per heavy atom. The van der Waals surface area contributed by atoms with E-state index in [0.29, 0.717) is 22.5 Å². The molecule has 3 N–H and O–H groups in total. The van der Waals surface area contributed by atoms with E-state index in [1.807, 2.05) is 6.07 Å². The van der Waals surface area contributed by atoms with Gasteiger partial charge in [0, 0.05) is 29.0 Å². The Kier molecular flexibility index (Phi) is 4.08. The van der Waals surface area contributed by atoms with Gasteiger partial charge in [0.25, 0.3) is 5.91 Å². The molecular weight excluding hydrogens is 328 g/mol. The van der Waals surface area contributed by atoms with E-state index in [9.17, 15) is 13.2 Å². The molecule has 0 radical (unpaired) electrons. The zero-order valence-electron chi connectivity index (χ0n) is 12.9. The zero-order chi connectivity index (χ0) is 17.3. The van der Waals surface area contributed by atoms with Gasteiger partial charge in [0.1, 0.15) is 0 Å². The summed E-state index contributed by atoms with van der Waals surface area (Å²) in [5, 5.41) is 0.805. The average molecular weight is 344 g/mol. The Morgan fingerprint density at radius 1 is 1.29 bits per heavy atom. The van der Waals surface area contributed by atoms with Gasteiger partial charge in [-0.25, -0.2) is 13.1 Å². The average Bonchev–Trinajstić information content (AvgIpc) is 2.97. The van der Waals surface area contributed by atoms with Gasteiger partial charge in [-0.1, -0.05) is 6.07 Å². The van der Waals surface area contributed by atoms with Crippen molar-refractivity contribution < 1.29 is 13.2 Å². The second-order valence-electron chi connectivity index (χ2n) is 5.40. The molecule has 0 atom stereocenters. The number of hydrogen-bond donors (Lipinski definition) is 2. The minimum atomic E-state index is -3.33. The van der Waals surface area contributed by atoms with E-state index in [0.717, 1.165) is 11.6 Å². The third kappa shape index (κ3) is 3.29. The molecule has 3 aromatic rings. The Morgan fingerprint density at radius 3 is 2.83 bits per heavy atom. The lowest BCUT2D eigenvalue weighted by molar-refractivity contribution is 0.0964. The molecule has 7 nitrogen and oxygen atoms in total. The molecule has 0 saturated carbocycles. The molecule has 0 spiro atoms. The van der Waals surface area contributed by atoms with Gasteiger partial charge < -0.3 is 5.73 Å². The highest BCUT2D eigenvalue weighted by atomic mass is 32.2. The lowest BCUT2D eigenvalue weighted by atomic mass is 10.2. The Balaban J connectivity index is 1.93. The number of nitrogens with two attached hydrogens (primary N) is 1. The van der Waals surface area contributed by atoms with Crippen molar-refractivity contribution in [2.24, 2.45) is 0 Å². The smallest absolute Gasteiger partial charge is 0.262 e. The Hall–Kier alpha value is -2.71. The number of nitrogens with one attached hydrogen (secondary N) is 1. The van der Waals surface area contributed by atoms with E-state index in [1.54, 1.807) is 36.5 Å². The third-order valence-electron chi connectivity index (χ3n) is 3.56. The summed E-state index contributed by atoms with van der Waals surface area (Å²) < 4.78 is 26.2. The summed E-state index contributed by atoms with van der Waals surface area (Å²) in [6.45, 7) is 0.0271. The van der Waals surface area contributed by atoms with Crippen LogP contribution in [0.4, 0.5) is 5.69 Å². The summed E-state index contributed by atoms with van der Waals surface area (Å²) in [5.41, 5.74) is 8.10. The molecule has 3 rings (SSSR count). The van der Waals surface area contributed by atoms with Gasteiger partial charge in [-0.3, -0.25) is 14.3 Å². The minimum absolute atomic E-state index is 0.0271.